The summed E-state index contributed by atoms with van der Waals surface area (Å²) in [4.78, 5) is 87.9. The van der Waals surface area contributed by atoms with Crippen molar-refractivity contribution in [3.05, 3.63) is 126 Å². The van der Waals surface area contributed by atoms with Crippen LogP contribution in [0.4, 0.5) is 0 Å². The third-order valence-electron chi connectivity index (χ3n) is 10.2. The van der Waals surface area contributed by atoms with Crippen molar-refractivity contribution in [1.82, 2.24) is 0 Å². The first kappa shape index (κ1) is 59.3. The van der Waals surface area contributed by atoms with E-state index in [0.29, 0.717) is 18.4 Å². The molecule has 15 heteroatoms. The Balaban J connectivity index is 0.000000471. The number of benzene rings is 6. The van der Waals surface area contributed by atoms with Crippen molar-refractivity contribution >= 4 is 73.7 Å². The van der Waals surface area contributed by atoms with Gasteiger partial charge in [0.05, 0.1) is 39.1 Å². The maximum absolute atomic E-state index is 11.8. The number of hydrogen-bond acceptors (Lipinski definition) is 15. The highest BCUT2D eigenvalue weighted by atomic mass is 16.5. The summed E-state index contributed by atoms with van der Waals surface area (Å²) in [6, 6.07) is 33.8. The van der Waals surface area contributed by atoms with Crippen LogP contribution in [0, 0.1) is 0 Å². The average molecular weight is 949 g/mol. The molecule has 1 unspecified atom stereocenters. The molecule has 0 amide bonds. The first-order chi connectivity index (χ1) is 32.7. The number of carbonyl (C=O) groups excluding carboxylic acids is 9. The van der Waals surface area contributed by atoms with Gasteiger partial charge in [-0.15, -0.1) is 0 Å². The Morgan fingerprint density at radius 3 is 1.06 bits per heavy atom. The first-order valence-electron chi connectivity index (χ1n) is 21.5. The maximum atomic E-state index is 11.8. The van der Waals surface area contributed by atoms with Gasteiger partial charge in [-0.2, -0.15) is 19.2 Å². The van der Waals surface area contributed by atoms with Gasteiger partial charge in [0.15, 0.2) is 0 Å². The molecule has 0 saturated carbocycles. The van der Waals surface area contributed by atoms with E-state index in [9.17, 15) is 34.2 Å². The number of aliphatic hydroxyl groups is 2. The van der Waals surface area contributed by atoms with Crippen LogP contribution in [-0.2, 0) is 54.3 Å². The molecule has 69 heavy (non-hydrogen) atoms. The molecule has 2 atom stereocenters. The molecular weight excluding hydrogens is 889 g/mol. The van der Waals surface area contributed by atoms with Gasteiger partial charge in [0.25, 0.3) is 5.78 Å². The molecule has 6 rings (SSSR count). The van der Waals surface area contributed by atoms with Gasteiger partial charge in [-0.25, -0.2) is 4.79 Å². The predicted octanol–water partition coefficient (Wildman–Crippen LogP) is 8.87. The van der Waals surface area contributed by atoms with Crippen LogP contribution in [0.3, 0.4) is 0 Å². The summed E-state index contributed by atoms with van der Waals surface area (Å²) in [7, 11) is 4.87. The molecule has 0 aliphatic carbocycles. The molecule has 0 fully saturated rings. The second-order valence-corrected chi connectivity index (χ2v) is 15.4. The van der Waals surface area contributed by atoms with Gasteiger partial charge in [0.1, 0.15) is 34.6 Å². The molecule has 2 N–H and O–H groups in total. The highest BCUT2D eigenvalue weighted by Crippen LogP contribution is 2.34. The van der Waals surface area contributed by atoms with E-state index >= 15 is 0 Å². The molecular formula is C54H60O15. The largest absolute Gasteiger partial charge is 0.497 e. The summed E-state index contributed by atoms with van der Waals surface area (Å²) < 4.78 is 20.2. The predicted molar refractivity (Wildman–Crippen MR) is 258 cm³/mol. The van der Waals surface area contributed by atoms with Crippen LogP contribution in [0.25, 0.3) is 32.3 Å². The zero-order valence-corrected chi connectivity index (χ0v) is 40.6. The van der Waals surface area contributed by atoms with Crippen molar-refractivity contribution < 1.29 is 72.3 Å². The number of Topliss-reactive ketones (excluding diaryl/α,β-unsaturated/α-hetero) is 4. The summed E-state index contributed by atoms with van der Waals surface area (Å²) in [6.07, 6.45) is 1.80. The quantitative estimate of drug-likeness (QED) is 0.0590. The summed E-state index contributed by atoms with van der Waals surface area (Å²) in [5, 5.41) is 27.3. The lowest BCUT2D eigenvalue weighted by molar-refractivity contribution is -0.193. The van der Waals surface area contributed by atoms with E-state index in [2.05, 4.69) is 0 Å². The van der Waals surface area contributed by atoms with E-state index in [4.69, 9.17) is 38.1 Å². The fourth-order valence-electron chi connectivity index (χ4n) is 6.77. The maximum Gasteiger partial charge on any atom is 0.379 e. The van der Waals surface area contributed by atoms with E-state index in [1.54, 1.807) is 52.5 Å². The molecule has 0 aromatic heterocycles. The van der Waals surface area contributed by atoms with Crippen LogP contribution < -0.4 is 14.2 Å². The fraction of sp³-hybridized carbons (Fsp3) is 0.315. The fourth-order valence-corrected chi connectivity index (χ4v) is 6.77. The molecule has 0 bridgehead atoms. The Labute approximate surface area is 401 Å². The van der Waals surface area contributed by atoms with Crippen molar-refractivity contribution in [3.8, 4) is 17.2 Å². The zero-order chi connectivity index (χ0) is 52.3. The standard InChI is InChI=1S/2C17H20O3.C15H14O4.C3H6O.2CO2/c2*1-4-17(19,11-12(2)18)15-7-5-14-10-16(20-3)8-6-13(14)9-15;1-3-19-15(17)14(16)12-5-4-11-9-13(18-2)7-6-10(11)8-12;1-3(2)4;2*2-1-3/h2*5-10,19H,4,11H2,1-3H3;4-9H,3H2,1-2H3;1-2H3;;/t17-;;;;;/m0...../s1. The van der Waals surface area contributed by atoms with E-state index in [1.807, 2.05) is 98.8 Å². The molecule has 366 valence electrons. The number of carbonyl (C=O) groups is 5. The SMILES string of the molecule is CC(C)=O.CCC(O)(CC(C)=O)c1ccc2cc(OC)ccc2c1.CCOC(=O)C(=O)c1ccc2cc(OC)ccc2c1.CC[C@](O)(CC(C)=O)c1ccc2cc(OC)ccc2c1.O=C=O.O=C=O. The lowest BCUT2D eigenvalue weighted by Gasteiger charge is -2.26. The monoisotopic (exact) mass is 948 g/mol. The third-order valence-corrected chi connectivity index (χ3v) is 10.2. The topological polar surface area (TPSA) is 231 Å². The summed E-state index contributed by atoms with van der Waals surface area (Å²) in [5.74, 6) is 1.06. The number of methoxy groups -OCH3 is 3. The minimum atomic E-state index is -1.08. The second kappa shape index (κ2) is 29.9. The number of fused-ring (bicyclic) bond motifs is 3. The Kier molecular flexibility index (Phi) is 25.7. The van der Waals surface area contributed by atoms with E-state index in [-0.39, 0.29) is 49.1 Å². The molecule has 0 spiro atoms. The van der Waals surface area contributed by atoms with Gasteiger partial charge >= 0.3 is 18.3 Å². The van der Waals surface area contributed by atoms with Crippen molar-refractivity contribution in [3.63, 3.8) is 0 Å². The van der Waals surface area contributed by atoms with Crippen molar-refractivity contribution in [2.45, 2.75) is 85.4 Å². The van der Waals surface area contributed by atoms with Gasteiger partial charge in [-0.05, 0) is 146 Å². The van der Waals surface area contributed by atoms with Crippen LogP contribution in [0.2, 0.25) is 0 Å². The number of ketones is 4. The van der Waals surface area contributed by atoms with E-state index in [1.165, 1.54) is 27.7 Å². The van der Waals surface area contributed by atoms with Crippen LogP contribution in [-0.4, -0.2) is 79.6 Å². The number of esters is 1. The minimum absolute atomic E-state index is 0.0100. The van der Waals surface area contributed by atoms with Crippen molar-refractivity contribution in [2.75, 3.05) is 27.9 Å². The summed E-state index contributed by atoms with van der Waals surface area (Å²) >= 11 is 0. The van der Waals surface area contributed by atoms with E-state index in [0.717, 1.165) is 60.7 Å². The Hall–Kier alpha value is -7.67. The second-order valence-electron chi connectivity index (χ2n) is 15.4. The van der Waals surface area contributed by atoms with Crippen LogP contribution in [0.5, 0.6) is 17.2 Å². The Morgan fingerprint density at radius 1 is 0.478 bits per heavy atom. The first-order valence-corrected chi connectivity index (χ1v) is 21.5. The van der Waals surface area contributed by atoms with Crippen molar-refractivity contribution in [1.29, 1.82) is 0 Å². The zero-order valence-electron chi connectivity index (χ0n) is 40.6. The minimum Gasteiger partial charge on any atom is -0.497 e. The molecule has 0 aliphatic rings. The van der Waals surface area contributed by atoms with Gasteiger partial charge in [-0.3, -0.25) is 14.4 Å². The molecule has 0 aliphatic heterocycles. The highest BCUT2D eigenvalue weighted by Gasteiger charge is 2.30. The molecule has 6 aromatic carbocycles. The van der Waals surface area contributed by atoms with Gasteiger partial charge in [0.2, 0.25) is 0 Å². The number of hydrogen-bond donors (Lipinski definition) is 2. The van der Waals surface area contributed by atoms with Crippen molar-refractivity contribution in [2.24, 2.45) is 0 Å². The molecule has 6 aromatic rings. The Bertz CT molecular complexity index is 2620. The molecule has 0 heterocycles. The average Bonchev–Trinajstić information content (AvgIpc) is 3.33. The lowest BCUT2D eigenvalue weighted by Crippen LogP contribution is -2.27. The Morgan fingerprint density at radius 2 is 0.768 bits per heavy atom. The number of ether oxygens (including phenoxy) is 4. The molecule has 0 saturated heterocycles. The normalized spacial score (nSPS) is 11.5. The lowest BCUT2D eigenvalue weighted by atomic mass is 9.85. The number of rotatable bonds is 14. The molecule has 15 nitrogen and oxygen atoms in total. The summed E-state index contributed by atoms with van der Waals surface area (Å²) in [5.41, 5.74) is -0.267. The van der Waals surface area contributed by atoms with Crippen LogP contribution in [0.1, 0.15) is 95.6 Å². The van der Waals surface area contributed by atoms with Gasteiger partial charge in [0, 0.05) is 18.4 Å². The highest BCUT2D eigenvalue weighted by molar-refractivity contribution is 6.40. The smallest absolute Gasteiger partial charge is 0.379 e. The third kappa shape index (κ3) is 19.2. The van der Waals surface area contributed by atoms with Crippen LogP contribution >= 0.6 is 0 Å². The van der Waals surface area contributed by atoms with Gasteiger partial charge < -0.3 is 34.0 Å². The summed E-state index contributed by atoms with van der Waals surface area (Å²) in [6.45, 7) is 11.7. The van der Waals surface area contributed by atoms with Crippen LogP contribution in [0.15, 0.2) is 109 Å². The van der Waals surface area contributed by atoms with Gasteiger partial charge in [-0.1, -0.05) is 68.4 Å². The molecule has 0 radical (unpaired) electrons. The van der Waals surface area contributed by atoms with E-state index < -0.39 is 23.0 Å².